The number of halogens is 1. The van der Waals surface area contributed by atoms with Gasteiger partial charge in [0.05, 0.1) is 17.5 Å². The van der Waals surface area contributed by atoms with Crippen LogP contribution in [0.2, 0.25) is 5.02 Å². The van der Waals surface area contributed by atoms with Gasteiger partial charge in [0, 0.05) is 68.4 Å². The molecule has 4 heterocycles. The molecule has 3 fully saturated rings. The highest BCUT2D eigenvalue weighted by Crippen LogP contribution is 2.49. The SMILES string of the molecule is CO[C@@]1(CN2CCN3CCCC[C@@H]3C2)/C=C/C[C@H](C)[C@H](Cc2ccccc2)S(=O)(=O)NC(=O)c2ccc3c(c2)N(C[C@@H]2CC[C@H]21)C[C@@]1(CCCc2cc(Cl)ccc21)CO3. The number of hydrogen-bond donors (Lipinski definition) is 1. The third-order valence-corrected chi connectivity index (χ3v) is 17.2. The first kappa shape index (κ1) is 41.0. The molecule has 2 aliphatic carbocycles. The van der Waals surface area contributed by atoms with Crippen molar-refractivity contribution in [2.45, 2.75) is 93.4 Å². The number of fused-ring (bicyclic) bond motifs is 5. The number of benzene rings is 3. The van der Waals surface area contributed by atoms with E-state index in [4.69, 9.17) is 21.1 Å². The second-order valence-electron chi connectivity index (χ2n) is 18.6. The number of methoxy groups -OCH3 is 1. The number of piperazine rings is 1. The van der Waals surface area contributed by atoms with E-state index in [1.807, 2.05) is 62.6 Å². The number of ether oxygens (including phenoxy) is 2. The average Bonchev–Trinajstić information content (AvgIpc) is 3.37. The van der Waals surface area contributed by atoms with Gasteiger partial charge in [0.1, 0.15) is 11.4 Å². The zero-order chi connectivity index (χ0) is 40.8. The molecule has 11 heteroatoms. The van der Waals surface area contributed by atoms with E-state index in [1.165, 1.54) is 36.9 Å². The van der Waals surface area contributed by atoms with Gasteiger partial charge in [0.2, 0.25) is 10.0 Å². The summed E-state index contributed by atoms with van der Waals surface area (Å²) in [4.78, 5) is 21.9. The summed E-state index contributed by atoms with van der Waals surface area (Å²) in [6, 6.07) is 22.1. The number of rotatable bonds is 5. The Balaban J connectivity index is 1.12. The van der Waals surface area contributed by atoms with E-state index in [9.17, 15) is 13.2 Å². The van der Waals surface area contributed by atoms with Crippen LogP contribution < -0.4 is 14.4 Å². The first-order valence-corrected chi connectivity index (χ1v) is 24.1. The third kappa shape index (κ3) is 8.21. The molecule has 0 unspecified atom stereocenters. The summed E-state index contributed by atoms with van der Waals surface area (Å²) in [6.45, 7) is 9.17. The summed E-state index contributed by atoms with van der Waals surface area (Å²) in [7, 11) is -2.22. The fraction of sp³-hybridized carbons (Fsp3) is 0.562. The number of anilines is 1. The lowest BCUT2D eigenvalue weighted by Crippen LogP contribution is -2.61. The Morgan fingerprint density at radius 3 is 2.64 bits per heavy atom. The molecular formula is C48H61ClN4O5S. The van der Waals surface area contributed by atoms with Crippen molar-refractivity contribution in [3.8, 4) is 5.75 Å². The lowest BCUT2D eigenvalue weighted by molar-refractivity contribution is -0.100. The molecule has 4 aliphatic heterocycles. The maximum Gasteiger partial charge on any atom is 0.264 e. The largest absolute Gasteiger partial charge is 0.490 e. The van der Waals surface area contributed by atoms with Crippen LogP contribution in [-0.2, 0) is 33.0 Å². The fourth-order valence-corrected chi connectivity index (χ4v) is 13.5. The van der Waals surface area contributed by atoms with Crippen LogP contribution in [0.4, 0.5) is 5.69 Å². The van der Waals surface area contributed by atoms with Crippen LogP contribution in [0.15, 0.2) is 78.9 Å². The molecule has 2 bridgehead atoms. The van der Waals surface area contributed by atoms with Crippen molar-refractivity contribution in [3.05, 3.63) is 106 Å². The Bertz CT molecular complexity index is 2150. The molecule has 9 rings (SSSR count). The van der Waals surface area contributed by atoms with Crippen LogP contribution in [0.5, 0.6) is 5.75 Å². The zero-order valence-corrected chi connectivity index (χ0v) is 36.4. The molecule has 0 aromatic heterocycles. The second-order valence-corrected chi connectivity index (χ2v) is 21.0. The lowest BCUT2D eigenvalue weighted by Gasteiger charge is -2.53. The van der Waals surface area contributed by atoms with Crippen molar-refractivity contribution in [2.24, 2.45) is 17.8 Å². The third-order valence-electron chi connectivity index (χ3n) is 15.0. The molecule has 3 aromatic rings. The Kier molecular flexibility index (Phi) is 11.7. The zero-order valence-electron chi connectivity index (χ0n) is 34.8. The number of nitrogens with zero attached hydrogens (tertiary/aromatic N) is 3. The molecule has 59 heavy (non-hydrogen) atoms. The monoisotopic (exact) mass is 840 g/mol. The molecule has 2 saturated heterocycles. The van der Waals surface area contributed by atoms with Gasteiger partial charge in [-0.25, -0.2) is 13.1 Å². The highest BCUT2D eigenvalue weighted by molar-refractivity contribution is 7.90. The maximum atomic E-state index is 14.4. The lowest BCUT2D eigenvalue weighted by atomic mass is 9.63. The van der Waals surface area contributed by atoms with Gasteiger partial charge in [-0.3, -0.25) is 14.6 Å². The highest BCUT2D eigenvalue weighted by atomic mass is 35.5. The number of amides is 1. The predicted molar refractivity (Wildman–Crippen MR) is 235 cm³/mol. The van der Waals surface area contributed by atoms with E-state index < -0.39 is 26.8 Å². The van der Waals surface area contributed by atoms with Crippen LogP contribution >= 0.6 is 11.6 Å². The van der Waals surface area contributed by atoms with Gasteiger partial charge in [-0.1, -0.05) is 73.5 Å². The van der Waals surface area contributed by atoms with Crippen molar-refractivity contribution in [1.29, 1.82) is 0 Å². The normalized spacial score (nSPS) is 33.0. The molecule has 7 atom stereocenters. The number of piperidine rings is 1. The van der Waals surface area contributed by atoms with Crippen molar-refractivity contribution in [1.82, 2.24) is 14.5 Å². The van der Waals surface area contributed by atoms with Gasteiger partial charge in [0.15, 0.2) is 0 Å². The number of allylic oxidation sites excluding steroid dienone is 1. The molecule has 1 spiro atoms. The minimum Gasteiger partial charge on any atom is -0.490 e. The van der Waals surface area contributed by atoms with Gasteiger partial charge >= 0.3 is 0 Å². The molecule has 9 nitrogen and oxygen atoms in total. The molecule has 3 aromatic carbocycles. The summed E-state index contributed by atoms with van der Waals surface area (Å²) < 4.78 is 45.0. The summed E-state index contributed by atoms with van der Waals surface area (Å²) in [5.41, 5.74) is 3.82. The summed E-state index contributed by atoms with van der Waals surface area (Å²) >= 11 is 6.55. The standard InChI is InChI=1S/C48H61ClN4O5S/c1-34-10-8-22-48(57-2,32-51-24-25-52-23-7-6-14-40(52)30-51)42-18-15-38(42)29-53-31-47(21-9-13-36-27-39(49)17-19-41(36)47)33-58-44-20-16-37(28-43(44)53)46(54)50-59(55,56)45(34)26-35-11-4-3-5-12-35/h3-5,8,11-12,16-17,19-20,22,27-28,34,38,40,42,45H,6-7,9-10,13-15,18,21,23-26,29-33H2,1-2H3,(H,50,54)/b22-8+/t34-,38-,40+,42+,45-,47-,48+/m0/s1. The Morgan fingerprint density at radius 1 is 0.966 bits per heavy atom. The van der Waals surface area contributed by atoms with E-state index in [-0.39, 0.29) is 17.3 Å². The molecule has 6 aliphatic rings. The molecule has 316 valence electrons. The van der Waals surface area contributed by atoms with Crippen LogP contribution in [0.3, 0.4) is 0 Å². The Morgan fingerprint density at radius 2 is 1.83 bits per heavy atom. The Hall–Kier alpha value is -3.41. The van der Waals surface area contributed by atoms with E-state index in [2.05, 4.69) is 43.7 Å². The van der Waals surface area contributed by atoms with Gasteiger partial charge in [0.25, 0.3) is 5.91 Å². The fourth-order valence-electron chi connectivity index (χ4n) is 11.6. The van der Waals surface area contributed by atoms with Gasteiger partial charge in [-0.05, 0) is 129 Å². The highest BCUT2D eigenvalue weighted by Gasteiger charge is 2.50. The van der Waals surface area contributed by atoms with Crippen molar-refractivity contribution >= 4 is 33.2 Å². The van der Waals surface area contributed by atoms with Crippen molar-refractivity contribution < 1.29 is 22.7 Å². The van der Waals surface area contributed by atoms with Crippen LogP contribution in [0.25, 0.3) is 0 Å². The van der Waals surface area contributed by atoms with Crippen LogP contribution in [-0.4, -0.2) is 101 Å². The minimum absolute atomic E-state index is 0.257. The number of sulfonamides is 1. The first-order chi connectivity index (χ1) is 28.5. The predicted octanol–water partition coefficient (Wildman–Crippen LogP) is 7.66. The van der Waals surface area contributed by atoms with Gasteiger partial charge in [-0.2, -0.15) is 0 Å². The summed E-state index contributed by atoms with van der Waals surface area (Å²) in [5.74, 6) is 0.421. The number of carbonyl (C=O) groups is 1. The molecule has 1 saturated carbocycles. The smallest absolute Gasteiger partial charge is 0.264 e. The van der Waals surface area contributed by atoms with E-state index >= 15 is 0 Å². The first-order valence-electron chi connectivity index (χ1n) is 22.1. The average molecular weight is 842 g/mol. The van der Waals surface area contributed by atoms with E-state index in [0.717, 1.165) is 93.4 Å². The quantitative estimate of drug-likeness (QED) is 0.262. The number of carbonyl (C=O) groups excluding carboxylic acids is 1. The molecule has 0 radical (unpaired) electrons. The summed E-state index contributed by atoms with van der Waals surface area (Å²) in [5, 5.41) is -0.0830. The van der Waals surface area contributed by atoms with E-state index in [1.54, 1.807) is 6.07 Å². The molecule has 1 amide bonds. The molecular weight excluding hydrogens is 780 g/mol. The second kappa shape index (κ2) is 16.8. The van der Waals surface area contributed by atoms with Crippen LogP contribution in [0, 0.1) is 17.8 Å². The van der Waals surface area contributed by atoms with Crippen LogP contribution in [0.1, 0.15) is 85.3 Å². The van der Waals surface area contributed by atoms with E-state index in [0.29, 0.717) is 37.0 Å². The molecule has 1 N–H and O–H groups in total. The summed E-state index contributed by atoms with van der Waals surface area (Å²) in [6.07, 6.45) is 14.3. The number of aryl methyl sites for hydroxylation is 1. The maximum absolute atomic E-state index is 14.4. The van der Waals surface area contributed by atoms with Gasteiger partial charge in [-0.15, -0.1) is 0 Å². The van der Waals surface area contributed by atoms with Crippen molar-refractivity contribution in [3.63, 3.8) is 0 Å². The number of nitrogens with one attached hydrogen (secondary N) is 1. The van der Waals surface area contributed by atoms with Crippen molar-refractivity contribution in [2.75, 3.05) is 64.4 Å². The number of hydrogen-bond acceptors (Lipinski definition) is 8. The van der Waals surface area contributed by atoms with Gasteiger partial charge < -0.3 is 14.4 Å². The Labute approximate surface area is 356 Å². The minimum atomic E-state index is -4.11. The topological polar surface area (TPSA) is 91.4 Å².